The number of likely N-dealkylation sites (tertiary alicyclic amines) is 1. The number of fused-ring (bicyclic) bond motifs is 1. The normalized spacial score (nSPS) is 15.2. The Labute approximate surface area is 104 Å². The van der Waals surface area contributed by atoms with Crippen LogP contribution in [-0.2, 0) is 4.79 Å². The average molecular weight is 246 g/mol. The maximum atomic E-state index is 11.8. The highest BCUT2D eigenvalue weighted by molar-refractivity contribution is 5.77. The van der Waals surface area contributed by atoms with Gasteiger partial charge in [0.05, 0.1) is 0 Å². The number of carbonyl (C=O) groups is 1. The van der Waals surface area contributed by atoms with Crippen LogP contribution in [0.25, 0.3) is 5.65 Å². The largest absolute Gasteiger partial charge is 0.453 e. The van der Waals surface area contributed by atoms with Crippen molar-refractivity contribution in [2.24, 2.45) is 0 Å². The molecule has 18 heavy (non-hydrogen) atoms. The molecule has 1 fully saturated rings. The Balaban J connectivity index is 1.67. The summed E-state index contributed by atoms with van der Waals surface area (Å²) in [6.07, 6.45) is 3.98. The Kier molecular flexibility index (Phi) is 2.84. The molecule has 3 heterocycles. The molecule has 3 rings (SSSR count). The van der Waals surface area contributed by atoms with Gasteiger partial charge in [0.25, 0.3) is 5.91 Å². The van der Waals surface area contributed by atoms with Crippen LogP contribution in [0.15, 0.2) is 24.4 Å². The number of ether oxygens (including phenoxy) is 1. The second kappa shape index (κ2) is 4.64. The SMILES string of the molecule is O=C(COc1nnc2ccccn12)N1CCCC1. The third-order valence-electron chi connectivity index (χ3n) is 3.07. The summed E-state index contributed by atoms with van der Waals surface area (Å²) in [4.78, 5) is 13.6. The standard InChI is InChI=1S/C12H14N4O2/c17-11(15-6-3-4-7-15)9-18-12-14-13-10-5-1-2-8-16(10)12/h1-2,5,8H,3-4,6-7,9H2. The summed E-state index contributed by atoms with van der Waals surface area (Å²) >= 11 is 0. The minimum atomic E-state index is 0.0141. The van der Waals surface area contributed by atoms with E-state index in [0.717, 1.165) is 25.9 Å². The summed E-state index contributed by atoms with van der Waals surface area (Å²) in [5.41, 5.74) is 0.709. The highest BCUT2D eigenvalue weighted by Crippen LogP contribution is 2.11. The molecule has 0 N–H and O–H groups in total. The first-order valence-corrected chi connectivity index (χ1v) is 6.05. The van der Waals surface area contributed by atoms with Gasteiger partial charge < -0.3 is 9.64 Å². The topological polar surface area (TPSA) is 59.7 Å². The number of nitrogens with zero attached hydrogens (tertiary/aromatic N) is 4. The lowest BCUT2D eigenvalue weighted by atomic mass is 10.4. The predicted molar refractivity (Wildman–Crippen MR) is 64.3 cm³/mol. The van der Waals surface area contributed by atoms with E-state index in [9.17, 15) is 4.79 Å². The van der Waals surface area contributed by atoms with Gasteiger partial charge >= 0.3 is 6.01 Å². The molecule has 2 aromatic heterocycles. The van der Waals surface area contributed by atoms with Gasteiger partial charge in [-0.25, -0.2) is 0 Å². The van der Waals surface area contributed by atoms with E-state index in [1.807, 2.05) is 29.3 Å². The molecule has 1 aliphatic heterocycles. The number of aromatic nitrogens is 3. The van der Waals surface area contributed by atoms with Gasteiger partial charge in [-0.1, -0.05) is 11.2 Å². The molecule has 94 valence electrons. The molecule has 2 aromatic rings. The van der Waals surface area contributed by atoms with Crippen LogP contribution in [0.1, 0.15) is 12.8 Å². The fraction of sp³-hybridized carbons (Fsp3) is 0.417. The summed E-state index contributed by atoms with van der Waals surface area (Å²) in [5, 5.41) is 7.87. The quantitative estimate of drug-likeness (QED) is 0.801. The Hall–Kier alpha value is -2.11. The van der Waals surface area contributed by atoms with Gasteiger partial charge in [-0.2, -0.15) is 0 Å². The zero-order chi connectivity index (χ0) is 12.4. The van der Waals surface area contributed by atoms with Crippen molar-refractivity contribution >= 4 is 11.6 Å². The van der Waals surface area contributed by atoms with Gasteiger partial charge in [0.2, 0.25) is 0 Å². The molecule has 1 aliphatic rings. The number of carbonyl (C=O) groups excluding carboxylic acids is 1. The van der Waals surface area contributed by atoms with Crippen molar-refractivity contribution in [1.82, 2.24) is 19.5 Å². The molecule has 0 aromatic carbocycles. The summed E-state index contributed by atoms with van der Waals surface area (Å²) in [5.74, 6) is 0.0141. The van der Waals surface area contributed by atoms with Crippen LogP contribution in [0.2, 0.25) is 0 Å². The molecule has 0 atom stereocenters. The number of hydrogen-bond donors (Lipinski definition) is 0. The zero-order valence-corrected chi connectivity index (χ0v) is 9.95. The fourth-order valence-corrected chi connectivity index (χ4v) is 2.10. The van der Waals surface area contributed by atoms with Gasteiger partial charge in [-0.3, -0.25) is 9.20 Å². The van der Waals surface area contributed by atoms with E-state index in [-0.39, 0.29) is 12.5 Å². The summed E-state index contributed by atoms with van der Waals surface area (Å²) in [6.45, 7) is 1.70. The maximum Gasteiger partial charge on any atom is 0.322 e. The van der Waals surface area contributed by atoms with E-state index < -0.39 is 0 Å². The maximum absolute atomic E-state index is 11.8. The van der Waals surface area contributed by atoms with Crippen LogP contribution in [0.3, 0.4) is 0 Å². The lowest BCUT2D eigenvalue weighted by Crippen LogP contribution is -2.32. The third-order valence-corrected chi connectivity index (χ3v) is 3.07. The fourth-order valence-electron chi connectivity index (χ4n) is 2.10. The van der Waals surface area contributed by atoms with Crippen molar-refractivity contribution in [2.75, 3.05) is 19.7 Å². The van der Waals surface area contributed by atoms with Crippen LogP contribution in [-0.4, -0.2) is 45.1 Å². The third kappa shape index (κ3) is 2.01. The molecule has 0 aliphatic carbocycles. The smallest absolute Gasteiger partial charge is 0.322 e. The average Bonchev–Trinajstić information content (AvgIpc) is 3.06. The molecular formula is C12H14N4O2. The lowest BCUT2D eigenvalue weighted by molar-refractivity contribution is -0.132. The first-order valence-electron chi connectivity index (χ1n) is 6.05. The van der Waals surface area contributed by atoms with Crippen molar-refractivity contribution in [3.05, 3.63) is 24.4 Å². The van der Waals surface area contributed by atoms with Crippen molar-refractivity contribution < 1.29 is 9.53 Å². The van der Waals surface area contributed by atoms with E-state index in [0.29, 0.717) is 11.7 Å². The summed E-state index contributed by atoms with van der Waals surface area (Å²) in [6, 6.07) is 5.94. The lowest BCUT2D eigenvalue weighted by Gasteiger charge is -2.14. The Morgan fingerprint density at radius 2 is 2.11 bits per heavy atom. The Morgan fingerprint density at radius 1 is 1.28 bits per heavy atom. The minimum Gasteiger partial charge on any atom is -0.453 e. The Morgan fingerprint density at radius 3 is 2.94 bits per heavy atom. The molecule has 1 amide bonds. The van der Waals surface area contributed by atoms with Crippen LogP contribution in [0.5, 0.6) is 6.01 Å². The second-order valence-corrected chi connectivity index (χ2v) is 4.29. The minimum absolute atomic E-state index is 0.0141. The number of rotatable bonds is 3. The monoisotopic (exact) mass is 246 g/mol. The summed E-state index contributed by atoms with van der Waals surface area (Å²) in [7, 11) is 0. The molecule has 6 nitrogen and oxygen atoms in total. The van der Waals surface area contributed by atoms with E-state index >= 15 is 0 Å². The van der Waals surface area contributed by atoms with Gasteiger partial charge in [-0.15, -0.1) is 5.10 Å². The Bertz CT molecular complexity index is 560. The zero-order valence-electron chi connectivity index (χ0n) is 9.95. The molecule has 0 radical (unpaired) electrons. The molecule has 0 unspecified atom stereocenters. The van der Waals surface area contributed by atoms with Crippen molar-refractivity contribution in [1.29, 1.82) is 0 Å². The molecule has 0 spiro atoms. The van der Waals surface area contributed by atoms with E-state index in [1.54, 1.807) is 4.40 Å². The molecule has 0 saturated carbocycles. The first kappa shape index (κ1) is 11.0. The van der Waals surface area contributed by atoms with Crippen LogP contribution < -0.4 is 4.74 Å². The summed E-state index contributed by atoms with van der Waals surface area (Å²) < 4.78 is 7.15. The molecule has 0 bridgehead atoms. The van der Waals surface area contributed by atoms with Gasteiger partial charge in [0.15, 0.2) is 12.3 Å². The van der Waals surface area contributed by atoms with Crippen molar-refractivity contribution in [3.8, 4) is 6.01 Å². The van der Waals surface area contributed by atoms with Gasteiger partial charge in [0.1, 0.15) is 0 Å². The molecule has 6 heteroatoms. The number of amides is 1. The van der Waals surface area contributed by atoms with Crippen molar-refractivity contribution in [2.45, 2.75) is 12.8 Å². The second-order valence-electron chi connectivity index (χ2n) is 4.29. The first-order chi connectivity index (χ1) is 8.84. The van der Waals surface area contributed by atoms with Gasteiger partial charge in [-0.05, 0) is 25.0 Å². The highest BCUT2D eigenvalue weighted by atomic mass is 16.5. The van der Waals surface area contributed by atoms with Crippen LogP contribution >= 0.6 is 0 Å². The number of hydrogen-bond acceptors (Lipinski definition) is 4. The van der Waals surface area contributed by atoms with Gasteiger partial charge in [0, 0.05) is 19.3 Å². The number of pyridine rings is 1. The van der Waals surface area contributed by atoms with E-state index in [4.69, 9.17) is 4.74 Å². The predicted octanol–water partition coefficient (Wildman–Crippen LogP) is 0.730. The van der Waals surface area contributed by atoms with Crippen LogP contribution in [0, 0.1) is 0 Å². The molecular weight excluding hydrogens is 232 g/mol. The van der Waals surface area contributed by atoms with E-state index in [1.165, 1.54) is 0 Å². The van der Waals surface area contributed by atoms with Crippen molar-refractivity contribution in [3.63, 3.8) is 0 Å². The highest BCUT2D eigenvalue weighted by Gasteiger charge is 2.19. The van der Waals surface area contributed by atoms with E-state index in [2.05, 4.69) is 10.2 Å². The van der Waals surface area contributed by atoms with Crippen LogP contribution in [0.4, 0.5) is 0 Å². The molecule has 1 saturated heterocycles.